The molecule has 0 bridgehead atoms. The fraction of sp³-hybridized carbons (Fsp3) is 0.273. The van der Waals surface area contributed by atoms with Crippen LogP contribution >= 0.6 is 22.9 Å². The molecule has 1 fully saturated rings. The van der Waals surface area contributed by atoms with E-state index in [2.05, 4.69) is 0 Å². The number of rotatable bonds is 4. The first kappa shape index (κ1) is 20.5. The summed E-state index contributed by atoms with van der Waals surface area (Å²) in [5, 5.41) is 1.40. The lowest BCUT2D eigenvalue weighted by Gasteiger charge is -2.34. The normalized spacial score (nSPS) is 14.1. The molecule has 30 heavy (non-hydrogen) atoms. The highest BCUT2D eigenvalue weighted by atomic mass is 35.5. The first-order valence-corrected chi connectivity index (χ1v) is 10.7. The van der Waals surface area contributed by atoms with E-state index in [1.807, 2.05) is 24.3 Å². The Morgan fingerprint density at radius 1 is 0.900 bits per heavy atom. The van der Waals surface area contributed by atoms with Crippen molar-refractivity contribution in [1.82, 2.24) is 9.80 Å². The maximum absolute atomic E-state index is 13.0. The Labute approximate surface area is 183 Å². The number of methoxy groups -OCH3 is 2. The van der Waals surface area contributed by atoms with Crippen molar-refractivity contribution >= 4 is 44.8 Å². The van der Waals surface area contributed by atoms with Gasteiger partial charge in [-0.3, -0.25) is 9.59 Å². The van der Waals surface area contributed by atoms with Gasteiger partial charge in [0.15, 0.2) is 11.5 Å². The van der Waals surface area contributed by atoms with Gasteiger partial charge in [0.1, 0.15) is 4.88 Å². The Balaban J connectivity index is 1.45. The van der Waals surface area contributed by atoms with Crippen LogP contribution in [0.2, 0.25) is 5.02 Å². The number of hydrogen-bond acceptors (Lipinski definition) is 5. The van der Waals surface area contributed by atoms with E-state index in [4.69, 9.17) is 21.1 Å². The second kappa shape index (κ2) is 8.53. The summed E-state index contributed by atoms with van der Waals surface area (Å²) >= 11 is 7.87. The van der Waals surface area contributed by atoms with Gasteiger partial charge >= 0.3 is 0 Å². The van der Waals surface area contributed by atoms with Crippen molar-refractivity contribution in [3.8, 4) is 11.5 Å². The van der Waals surface area contributed by atoms with Crippen LogP contribution in [0.25, 0.3) is 10.1 Å². The Morgan fingerprint density at radius 3 is 2.17 bits per heavy atom. The highest BCUT2D eigenvalue weighted by Crippen LogP contribution is 2.36. The van der Waals surface area contributed by atoms with Crippen LogP contribution in [0.5, 0.6) is 11.5 Å². The molecule has 0 saturated carbocycles. The van der Waals surface area contributed by atoms with Crippen molar-refractivity contribution in [2.24, 2.45) is 0 Å². The summed E-state index contributed by atoms with van der Waals surface area (Å²) in [5.74, 6) is 0.906. The molecule has 6 nitrogen and oxygen atoms in total. The molecule has 8 heteroatoms. The molecule has 1 aromatic heterocycles. The van der Waals surface area contributed by atoms with Crippen LogP contribution in [0.15, 0.2) is 42.5 Å². The molecule has 1 aliphatic rings. The van der Waals surface area contributed by atoms with Crippen molar-refractivity contribution in [2.45, 2.75) is 0 Å². The predicted molar refractivity (Wildman–Crippen MR) is 118 cm³/mol. The topological polar surface area (TPSA) is 59.1 Å². The number of piperazine rings is 1. The van der Waals surface area contributed by atoms with E-state index in [-0.39, 0.29) is 11.8 Å². The molecule has 1 saturated heterocycles. The van der Waals surface area contributed by atoms with Gasteiger partial charge in [-0.05, 0) is 24.3 Å². The van der Waals surface area contributed by atoms with Crippen LogP contribution in [0.3, 0.4) is 0 Å². The van der Waals surface area contributed by atoms with Crippen molar-refractivity contribution < 1.29 is 19.1 Å². The molecular weight excluding hydrogens is 424 g/mol. The fourth-order valence-electron chi connectivity index (χ4n) is 3.56. The lowest BCUT2D eigenvalue weighted by Crippen LogP contribution is -2.50. The number of carbonyl (C=O) groups is 2. The first-order valence-electron chi connectivity index (χ1n) is 9.51. The van der Waals surface area contributed by atoms with E-state index >= 15 is 0 Å². The van der Waals surface area contributed by atoms with Crippen molar-refractivity contribution in [1.29, 1.82) is 0 Å². The number of hydrogen-bond donors (Lipinski definition) is 0. The van der Waals surface area contributed by atoms with Gasteiger partial charge in [0.2, 0.25) is 0 Å². The van der Waals surface area contributed by atoms with Crippen molar-refractivity contribution in [2.75, 3.05) is 40.4 Å². The molecule has 2 aromatic carbocycles. The summed E-state index contributed by atoms with van der Waals surface area (Å²) in [5.41, 5.74) is 0.528. The lowest BCUT2D eigenvalue weighted by molar-refractivity contribution is 0.0538. The summed E-state index contributed by atoms with van der Waals surface area (Å²) in [4.78, 5) is 30.0. The molecule has 156 valence electrons. The maximum Gasteiger partial charge on any atom is 0.265 e. The van der Waals surface area contributed by atoms with Crippen LogP contribution in [-0.4, -0.2) is 62.0 Å². The van der Waals surface area contributed by atoms with Gasteiger partial charge in [-0.2, -0.15) is 0 Å². The van der Waals surface area contributed by atoms with Gasteiger partial charge in [0.25, 0.3) is 11.8 Å². The number of benzene rings is 2. The molecule has 2 heterocycles. The molecule has 0 unspecified atom stereocenters. The largest absolute Gasteiger partial charge is 0.493 e. The van der Waals surface area contributed by atoms with E-state index in [1.165, 1.54) is 18.4 Å². The summed E-state index contributed by atoms with van der Waals surface area (Å²) < 4.78 is 11.5. The average molecular weight is 445 g/mol. The fourth-order valence-corrected chi connectivity index (χ4v) is 5.04. The molecule has 0 spiro atoms. The standard InChI is InChI=1S/C22H21ClN2O4S/c1-28-16-8-7-14(13-17(16)29-2)21(26)24-9-11-25(12-10-24)22(27)20-19(23)15-5-3-4-6-18(15)30-20/h3-8,13H,9-12H2,1-2H3. The van der Waals surface area contributed by atoms with E-state index in [1.54, 1.807) is 35.1 Å². The Bertz CT molecular complexity index is 1110. The van der Waals surface area contributed by atoms with Crippen LogP contribution in [0, 0.1) is 0 Å². The zero-order chi connectivity index (χ0) is 21.3. The second-order valence-corrected chi connectivity index (χ2v) is 8.33. The molecular formula is C22H21ClN2O4S. The number of nitrogens with zero attached hydrogens (tertiary/aromatic N) is 2. The second-order valence-electron chi connectivity index (χ2n) is 6.90. The monoisotopic (exact) mass is 444 g/mol. The smallest absolute Gasteiger partial charge is 0.265 e. The summed E-state index contributed by atoms with van der Waals surface area (Å²) in [7, 11) is 3.09. The zero-order valence-corrected chi connectivity index (χ0v) is 18.3. The number of halogens is 1. The number of carbonyl (C=O) groups excluding carboxylic acids is 2. The van der Waals surface area contributed by atoms with Gasteiger partial charge in [0, 0.05) is 41.8 Å². The molecule has 3 aromatic rings. The van der Waals surface area contributed by atoms with Gasteiger partial charge in [-0.25, -0.2) is 0 Å². The van der Waals surface area contributed by atoms with Crippen molar-refractivity contribution in [3.05, 3.63) is 57.9 Å². The lowest BCUT2D eigenvalue weighted by atomic mass is 10.1. The SMILES string of the molecule is COc1ccc(C(=O)N2CCN(C(=O)c3sc4ccccc4c3Cl)CC2)cc1OC. The van der Waals surface area contributed by atoms with Crippen LogP contribution in [0.4, 0.5) is 0 Å². The Morgan fingerprint density at radius 2 is 1.53 bits per heavy atom. The van der Waals surface area contributed by atoms with Crippen molar-refractivity contribution in [3.63, 3.8) is 0 Å². The van der Waals surface area contributed by atoms with E-state index < -0.39 is 0 Å². The molecule has 4 rings (SSSR count). The first-order chi connectivity index (χ1) is 14.5. The minimum Gasteiger partial charge on any atom is -0.493 e. The van der Waals surface area contributed by atoms with Crippen LogP contribution in [-0.2, 0) is 0 Å². The minimum absolute atomic E-state index is 0.0839. The molecule has 0 N–H and O–H groups in total. The van der Waals surface area contributed by atoms with Crippen LogP contribution in [0.1, 0.15) is 20.0 Å². The minimum atomic E-state index is -0.0945. The highest BCUT2D eigenvalue weighted by molar-refractivity contribution is 7.21. The summed E-state index contributed by atoms with van der Waals surface area (Å²) in [6.45, 7) is 1.84. The number of thiophene rings is 1. The maximum atomic E-state index is 13.0. The van der Waals surface area contributed by atoms with Gasteiger partial charge in [0.05, 0.1) is 19.2 Å². The Kier molecular flexibility index (Phi) is 5.83. The molecule has 0 radical (unpaired) electrons. The van der Waals surface area contributed by atoms with E-state index in [0.29, 0.717) is 53.1 Å². The molecule has 0 aliphatic carbocycles. The number of amides is 2. The quantitative estimate of drug-likeness (QED) is 0.606. The summed E-state index contributed by atoms with van der Waals surface area (Å²) in [6.07, 6.45) is 0. The number of ether oxygens (including phenoxy) is 2. The molecule has 0 atom stereocenters. The molecule has 1 aliphatic heterocycles. The summed E-state index contributed by atoms with van der Waals surface area (Å²) in [6, 6.07) is 12.8. The zero-order valence-electron chi connectivity index (χ0n) is 16.7. The third kappa shape index (κ3) is 3.70. The van der Waals surface area contributed by atoms with Crippen LogP contribution < -0.4 is 9.47 Å². The predicted octanol–water partition coefficient (Wildman–Crippen LogP) is 4.17. The van der Waals surface area contributed by atoms with Gasteiger partial charge in [-0.1, -0.05) is 29.8 Å². The van der Waals surface area contributed by atoms with E-state index in [0.717, 1.165) is 10.1 Å². The van der Waals surface area contributed by atoms with Gasteiger partial charge in [-0.15, -0.1) is 11.3 Å². The van der Waals surface area contributed by atoms with E-state index in [9.17, 15) is 9.59 Å². The third-order valence-corrected chi connectivity index (χ3v) is 6.88. The average Bonchev–Trinajstić information content (AvgIpc) is 3.14. The number of fused-ring (bicyclic) bond motifs is 1. The highest BCUT2D eigenvalue weighted by Gasteiger charge is 2.28. The third-order valence-electron chi connectivity index (χ3n) is 5.21. The molecule has 2 amide bonds. The Hall–Kier alpha value is -2.77. The van der Waals surface area contributed by atoms with Gasteiger partial charge < -0.3 is 19.3 Å².